The first-order valence-electron chi connectivity index (χ1n) is 9.39. The van der Waals surface area contributed by atoms with Gasteiger partial charge in [0.15, 0.2) is 5.76 Å². The third kappa shape index (κ3) is 6.01. The first-order chi connectivity index (χ1) is 15.0. The van der Waals surface area contributed by atoms with Crippen molar-refractivity contribution in [1.29, 1.82) is 0 Å². The van der Waals surface area contributed by atoms with E-state index in [1.165, 1.54) is 13.3 Å². The van der Waals surface area contributed by atoms with Crippen molar-refractivity contribution in [3.63, 3.8) is 0 Å². The van der Waals surface area contributed by atoms with Crippen LogP contribution in [0.4, 0.5) is 30.7 Å². The molecule has 12 heteroatoms. The standard InChI is InChI=1S/C20H18F7N3O2/c1-31-17-6-11(14-9-29-18(30-14)4-5-19(22,23)24)2-3-16(17)32-10-15-13(21)7-12(8-28-15)20(25,26)27/h6-9H,2-5,10H2,1H3,(H,29,30). The summed E-state index contributed by atoms with van der Waals surface area (Å²) in [5.74, 6) is -0.304. The molecule has 0 fully saturated rings. The van der Waals surface area contributed by atoms with Crippen LogP contribution in [0, 0.1) is 5.82 Å². The minimum atomic E-state index is -4.71. The van der Waals surface area contributed by atoms with Gasteiger partial charge < -0.3 is 14.5 Å². The lowest BCUT2D eigenvalue weighted by Gasteiger charge is -2.19. The molecule has 0 spiro atoms. The van der Waals surface area contributed by atoms with Gasteiger partial charge in [-0.15, -0.1) is 0 Å². The monoisotopic (exact) mass is 465 g/mol. The number of rotatable bonds is 7. The molecule has 1 aliphatic carbocycles. The van der Waals surface area contributed by atoms with Gasteiger partial charge in [-0.1, -0.05) is 0 Å². The maximum atomic E-state index is 14.0. The summed E-state index contributed by atoms with van der Waals surface area (Å²) in [7, 11) is 1.37. The molecule has 0 radical (unpaired) electrons. The molecule has 3 rings (SSSR count). The molecule has 0 saturated heterocycles. The van der Waals surface area contributed by atoms with Crippen molar-refractivity contribution >= 4 is 5.57 Å². The van der Waals surface area contributed by atoms with Crippen LogP contribution in [0.1, 0.15) is 42.0 Å². The van der Waals surface area contributed by atoms with E-state index in [-0.39, 0.29) is 17.9 Å². The zero-order chi connectivity index (χ0) is 23.5. The molecule has 1 N–H and O–H groups in total. The van der Waals surface area contributed by atoms with Crippen molar-refractivity contribution in [3.8, 4) is 0 Å². The minimum Gasteiger partial charge on any atom is -0.493 e. The molecule has 2 aromatic heterocycles. The van der Waals surface area contributed by atoms with Gasteiger partial charge in [-0.2, -0.15) is 26.3 Å². The number of pyridine rings is 1. The Bertz CT molecular complexity index is 1020. The van der Waals surface area contributed by atoms with Crippen molar-refractivity contribution in [3.05, 3.63) is 64.6 Å². The molecule has 0 aromatic carbocycles. The summed E-state index contributed by atoms with van der Waals surface area (Å²) in [5.41, 5.74) is -0.237. The third-order valence-corrected chi connectivity index (χ3v) is 4.67. The van der Waals surface area contributed by atoms with Gasteiger partial charge in [0.2, 0.25) is 0 Å². The summed E-state index contributed by atoms with van der Waals surface area (Å²) in [6, 6.07) is 0.352. The number of H-pyrrole nitrogens is 1. The van der Waals surface area contributed by atoms with Gasteiger partial charge in [0.05, 0.1) is 31.0 Å². The smallest absolute Gasteiger partial charge is 0.417 e. The summed E-state index contributed by atoms with van der Waals surface area (Å²) in [6.07, 6.45) is -5.95. The normalized spacial score (nSPS) is 15.1. The molecular formula is C20H18F7N3O2. The number of imidazole rings is 1. The maximum Gasteiger partial charge on any atom is 0.417 e. The zero-order valence-corrected chi connectivity index (χ0v) is 16.7. The molecule has 5 nitrogen and oxygen atoms in total. The lowest BCUT2D eigenvalue weighted by Crippen LogP contribution is -2.10. The van der Waals surface area contributed by atoms with E-state index in [1.54, 1.807) is 6.08 Å². The number of allylic oxidation sites excluding steroid dienone is 3. The Morgan fingerprint density at radius 1 is 1.06 bits per heavy atom. The predicted octanol–water partition coefficient (Wildman–Crippen LogP) is 5.71. The van der Waals surface area contributed by atoms with Crippen LogP contribution in [0.5, 0.6) is 0 Å². The Balaban J connectivity index is 1.70. The van der Waals surface area contributed by atoms with Crippen LogP contribution >= 0.6 is 0 Å². The molecular weight excluding hydrogens is 447 g/mol. The van der Waals surface area contributed by atoms with Crippen LogP contribution < -0.4 is 0 Å². The molecule has 2 heterocycles. The van der Waals surface area contributed by atoms with E-state index in [0.29, 0.717) is 42.3 Å². The predicted molar refractivity (Wildman–Crippen MR) is 98.2 cm³/mol. The summed E-state index contributed by atoms with van der Waals surface area (Å²) in [5, 5.41) is 0. The maximum absolute atomic E-state index is 14.0. The van der Waals surface area contributed by atoms with Crippen molar-refractivity contribution in [1.82, 2.24) is 15.0 Å². The number of halogens is 7. The second-order valence-corrected chi connectivity index (χ2v) is 6.96. The number of aryl methyl sites for hydroxylation is 1. The van der Waals surface area contributed by atoms with Gasteiger partial charge in [0.25, 0.3) is 0 Å². The van der Waals surface area contributed by atoms with Crippen molar-refractivity contribution in [2.45, 2.75) is 44.6 Å². The van der Waals surface area contributed by atoms with Gasteiger partial charge in [-0.3, -0.25) is 4.98 Å². The highest BCUT2D eigenvalue weighted by Gasteiger charge is 2.32. The largest absolute Gasteiger partial charge is 0.493 e. The van der Waals surface area contributed by atoms with E-state index in [1.807, 2.05) is 0 Å². The van der Waals surface area contributed by atoms with E-state index in [2.05, 4.69) is 15.0 Å². The zero-order valence-electron chi connectivity index (χ0n) is 16.7. The first-order valence-corrected chi connectivity index (χ1v) is 9.39. The molecule has 1 aliphatic rings. The lowest BCUT2D eigenvalue weighted by atomic mass is 10.00. The highest BCUT2D eigenvalue weighted by molar-refractivity contribution is 5.66. The van der Waals surface area contributed by atoms with Gasteiger partial charge in [0, 0.05) is 19.0 Å². The topological polar surface area (TPSA) is 60.0 Å². The second-order valence-electron chi connectivity index (χ2n) is 6.96. The highest BCUT2D eigenvalue weighted by atomic mass is 19.4. The average Bonchev–Trinajstić information content (AvgIpc) is 3.19. The van der Waals surface area contributed by atoms with Crippen LogP contribution in [0.2, 0.25) is 0 Å². The average molecular weight is 465 g/mol. The highest BCUT2D eigenvalue weighted by Crippen LogP contribution is 2.32. The lowest BCUT2D eigenvalue weighted by molar-refractivity contribution is -0.138. The molecule has 2 aromatic rings. The number of hydrogen-bond donors (Lipinski definition) is 1. The third-order valence-electron chi connectivity index (χ3n) is 4.67. The Kier molecular flexibility index (Phi) is 6.79. The first kappa shape index (κ1) is 23.6. The summed E-state index contributed by atoms with van der Waals surface area (Å²) in [6.45, 7) is -0.402. The molecule has 32 heavy (non-hydrogen) atoms. The number of nitrogens with one attached hydrogen (secondary N) is 1. The van der Waals surface area contributed by atoms with Gasteiger partial charge >= 0.3 is 12.4 Å². The fourth-order valence-corrected chi connectivity index (χ4v) is 3.01. The van der Waals surface area contributed by atoms with Crippen molar-refractivity contribution in [2.75, 3.05) is 7.11 Å². The van der Waals surface area contributed by atoms with Crippen LogP contribution in [0.15, 0.2) is 36.1 Å². The summed E-state index contributed by atoms with van der Waals surface area (Å²) in [4.78, 5) is 10.3. The fraction of sp³-hybridized carbons (Fsp3) is 0.400. The van der Waals surface area contributed by atoms with E-state index in [9.17, 15) is 30.7 Å². The molecule has 0 bridgehead atoms. The van der Waals surface area contributed by atoms with Crippen LogP contribution in [0.3, 0.4) is 0 Å². The molecule has 0 saturated carbocycles. The van der Waals surface area contributed by atoms with Crippen molar-refractivity contribution < 1.29 is 40.2 Å². The van der Waals surface area contributed by atoms with Gasteiger partial charge in [-0.05, 0) is 24.1 Å². The fourth-order valence-electron chi connectivity index (χ4n) is 3.01. The molecule has 0 atom stereocenters. The second kappa shape index (κ2) is 9.21. The molecule has 0 aliphatic heterocycles. The number of aromatic amines is 1. The molecule has 0 amide bonds. The molecule has 0 unspecified atom stereocenters. The Hall–Kier alpha value is -3.05. The van der Waals surface area contributed by atoms with E-state index >= 15 is 0 Å². The SMILES string of the molecule is COC1=C(OCc2ncc(C(F)(F)F)cc2F)CCC(c2cnc(CCC(F)(F)F)[nH]2)=C1. The number of ether oxygens (including phenoxy) is 2. The summed E-state index contributed by atoms with van der Waals surface area (Å²) < 4.78 is 99.7. The number of hydrogen-bond acceptors (Lipinski definition) is 4. The minimum absolute atomic E-state index is 0.201. The van der Waals surface area contributed by atoms with Gasteiger partial charge in [-0.25, -0.2) is 9.37 Å². The summed E-state index contributed by atoms with van der Waals surface area (Å²) >= 11 is 0. The van der Waals surface area contributed by atoms with Crippen LogP contribution in [-0.2, 0) is 28.7 Å². The van der Waals surface area contributed by atoms with Gasteiger partial charge in [0.1, 0.15) is 29.7 Å². The number of nitrogens with zero attached hydrogens (tertiary/aromatic N) is 2. The van der Waals surface area contributed by atoms with E-state index in [4.69, 9.17) is 9.47 Å². The quantitative estimate of drug-likeness (QED) is 0.533. The van der Waals surface area contributed by atoms with Crippen LogP contribution in [-0.4, -0.2) is 28.2 Å². The Morgan fingerprint density at radius 3 is 2.44 bits per heavy atom. The number of methoxy groups -OCH3 is 1. The van der Waals surface area contributed by atoms with Crippen molar-refractivity contribution in [2.24, 2.45) is 0 Å². The number of alkyl halides is 6. The number of aromatic nitrogens is 3. The van der Waals surface area contributed by atoms with E-state index < -0.39 is 36.8 Å². The Morgan fingerprint density at radius 2 is 1.81 bits per heavy atom. The Labute approximate surface area is 178 Å². The van der Waals surface area contributed by atoms with Crippen LogP contribution in [0.25, 0.3) is 5.57 Å². The van der Waals surface area contributed by atoms with E-state index in [0.717, 1.165) is 5.57 Å². The molecule has 174 valence electrons.